The van der Waals surface area contributed by atoms with E-state index in [0.29, 0.717) is 12.8 Å². The average molecular weight is 392 g/mol. The van der Waals surface area contributed by atoms with Crippen LogP contribution in [0.3, 0.4) is 0 Å². The lowest BCUT2D eigenvalue weighted by Crippen LogP contribution is -2.44. The highest BCUT2D eigenvalue weighted by molar-refractivity contribution is 5.84. The van der Waals surface area contributed by atoms with Crippen LogP contribution in [0.1, 0.15) is 45.6 Å². The van der Waals surface area contributed by atoms with Gasteiger partial charge in [0.05, 0.1) is 0 Å². The molecule has 0 saturated heterocycles. The third-order valence-electron chi connectivity index (χ3n) is 3.42. The number of primary amides is 1. The molecule has 9 nitrogen and oxygen atoms in total. The van der Waals surface area contributed by atoms with Gasteiger partial charge in [-0.05, 0) is 39.2 Å². The second kappa shape index (κ2) is 10.9. The molecule has 5 N–H and O–H groups in total. The molecule has 0 aliphatic rings. The van der Waals surface area contributed by atoms with Gasteiger partial charge in [0.25, 0.3) is 0 Å². The average Bonchev–Trinajstić information content (AvgIpc) is 2.60. The van der Waals surface area contributed by atoms with Gasteiger partial charge >= 0.3 is 12.1 Å². The zero-order chi connectivity index (χ0) is 21.2. The summed E-state index contributed by atoms with van der Waals surface area (Å²) in [6.07, 6.45) is 0.0350. The summed E-state index contributed by atoms with van der Waals surface area (Å²) in [6.45, 7) is 5.04. The lowest BCUT2D eigenvalue weighted by atomic mass is 10.1. The maximum absolute atomic E-state index is 12.2. The fourth-order valence-corrected chi connectivity index (χ4v) is 2.12. The molecular weight excluding hydrogens is 364 g/mol. The summed E-state index contributed by atoms with van der Waals surface area (Å²) in [5.74, 6) is -1.35. The number of carbonyl (C=O) groups is 3. The van der Waals surface area contributed by atoms with Crippen LogP contribution in [0.2, 0.25) is 0 Å². The molecule has 0 unspecified atom stereocenters. The first kappa shape index (κ1) is 22.9. The summed E-state index contributed by atoms with van der Waals surface area (Å²) in [5.41, 5.74) is 11.2. The highest BCUT2D eigenvalue weighted by atomic mass is 16.7. The Hall–Kier alpha value is -3.10. The largest absolute Gasteiger partial charge is 0.444 e. The summed E-state index contributed by atoms with van der Waals surface area (Å²) in [5, 5.41) is 5.96. The number of oxime groups is 1. The first-order chi connectivity index (χ1) is 13.1. The number of nitrogens with two attached hydrogens (primary N) is 2. The van der Waals surface area contributed by atoms with Gasteiger partial charge in [-0.3, -0.25) is 4.79 Å². The SMILES string of the molecule is CC(C)(C)OC(=O)N[C@@H](CCC(N)=O)C(=O)O/N=C(\N)CCc1ccccc1. The molecule has 154 valence electrons. The molecule has 9 heteroatoms. The van der Waals surface area contributed by atoms with Gasteiger partial charge in [0.2, 0.25) is 5.91 Å². The van der Waals surface area contributed by atoms with E-state index in [-0.39, 0.29) is 18.7 Å². The molecule has 1 aromatic rings. The second-order valence-electron chi connectivity index (χ2n) is 7.18. The van der Waals surface area contributed by atoms with Gasteiger partial charge in [-0.25, -0.2) is 9.59 Å². The van der Waals surface area contributed by atoms with Crippen molar-refractivity contribution in [1.82, 2.24) is 5.32 Å². The van der Waals surface area contributed by atoms with Crippen molar-refractivity contribution in [3.8, 4) is 0 Å². The quantitative estimate of drug-likeness (QED) is 0.252. The normalized spacial score (nSPS) is 12.8. The second-order valence-corrected chi connectivity index (χ2v) is 7.18. The van der Waals surface area contributed by atoms with Crippen LogP contribution in [0.5, 0.6) is 0 Å². The number of amidine groups is 1. The zero-order valence-corrected chi connectivity index (χ0v) is 16.4. The Morgan fingerprint density at radius 3 is 2.32 bits per heavy atom. The van der Waals surface area contributed by atoms with Crippen LogP contribution in [0.15, 0.2) is 35.5 Å². The van der Waals surface area contributed by atoms with Gasteiger partial charge in [0, 0.05) is 12.8 Å². The Morgan fingerprint density at radius 2 is 1.75 bits per heavy atom. The predicted molar refractivity (Wildman–Crippen MR) is 104 cm³/mol. The Morgan fingerprint density at radius 1 is 1.11 bits per heavy atom. The number of hydrogen-bond acceptors (Lipinski definition) is 6. The van der Waals surface area contributed by atoms with Crippen LogP contribution in [0.25, 0.3) is 0 Å². The van der Waals surface area contributed by atoms with Crippen molar-refractivity contribution >= 4 is 23.8 Å². The van der Waals surface area contributed by atoms with E-state index in [9.17, 15) is 14.4 Å². The topological polar surface area (TPSA) is 146 Å². The van der Waals surface area contributed by atoms with E-state index < -0.39 is 29.6 Å². The van der Waals surface area contributed by atoms with E-state index >= 15 is 0 Å². The highest BCUT2D eigenvalue weighted by Gasteiger charge is 2.26. The molecule has 1 aromatic carbocycles. The molecule has 0 fully saturated rings. The number of rotatable bonds is 9. The Labute approximate surface area is 164 Å². The fraction of sp³-hybridized carbons (Fsp3) is 0.474. The summed E-state index contributed by atoms with van der Waals surface area (Å²) >= 11 is 0. The molecule has 0 aromatic heterocycles. The molecule has 2 amide bonds. The van der Waals surface area contributed by atoms with Crippen molar-refractivity contribution in [2.75, 3.05) is 0 Å². The van der Waals surface area contributed by atoms with Crippen LogP contribution in [0, 0.1) is 0 Å². The van der Waals surface area contributed by atoms with Gasteiger partial charge in [0.15, 0.2) is 0 Å². The molecular formula is C19H28N4O5. The highest BCUT2D eigenvalue weighted by Crippen LogP contribution is 2.09. The summed E-state index contributed by atoms with van der Waals surface area (Å²) < 4.78 is 5.10. The minimum Gasteiger partial charge on any atom is -0.444 e. The van der Waals surface area contributed by atoms with Crippen molar-refractivity contribution in [2.24, 2.45) is 16.6 Å². The smallest absolute Gasteiger partial charge is 0.408 e. The van der Waals surface area contributed by atoms with Crippen LogP contribution in [-0.2, 0) is 25.6 Å². The summed E-state index contributed by atoms with van der Waals surface area (Å²) in [6, 6.07) is 8.48. The maximum Gasteiger partial charge on any atom is 0.408 e. The number of hydrogen-bond donors (Lipinski definition) is 3. The number of carbonyl (C=O) groups excluding carboxylic acids is 3. The van der Waals surface area contributed by atoms with Crippen molar-refractivity contribution in [3.05, 3.63) is 35.9 Å². The standard InChI is InChI=1S/C19H28N4O5/c1-19(2,3)27-18(26)22-14(10-12-16(21)24)17(25)28-23-15(20)11-9-13-7-5-4-6-8-13/h4-8,14H,9-12H2,1-3H3,(H2,20,23)(H2,21,24)(H,22,26)/t14-/m0/s1. The number of aryl methyl sites for hydroxylation is 1. The van der Waals surface area contributed by atoms with Crippen molar-refractivity contribution in [3.63, 3.8) is 0 Å². The van der Waals surface area contributed by atoms with Gasteiger partial charge < -0.3 is 26.4 Å². The van der Waals surface area contributed by atoms with E-state index in [1.807, 2.05) is 30.3 Å². The molecule has 0 bridgehead atoms. The number of ether oxygens (including phenoxy) is 1. The minimum absolute atomic E-state index is 0.0488. The van der Waals surface area contributed by atoms with E-state index in [1.165, 1.54) is 0 Å². The first-order valence-electron chi connectivity index (χ1n) is 8.92. The van der Waals surface area contributed by atoms with E-state index in [0.717, 1.165) is 5.56 Å². The Balaban J connectivity index is 2.62. The minimum atomic E-state index is -1.15. The van der Waals surface area contributed by atoms with Crippen LogP contribution in [-0.4, -0.2) is 35.4 Å². The Kier molecular flexibility index (Phi) is 8.94. The van der Waals surface area contributed by atoms with Gasteiger partial charge in [-0.1, -0.05) is 35.5 Å². The number of nitrogens with one attached hydrogen (secondary N) is 1. The Bertz CT molecular complexity index is 698. The molecule has 1 rings (SSSR count). The summed E-state index contributed by atoms with van der Waals surface area (Å²) in [4.78, 5) is 40.0. The maximum atomic E-state index is 12.2. The fourth-order valence-electron chi connectivity index (χ4n) is 2.12. The van der Waals surface area contributed by atoms with Crippen LogP contribution >= 0.6 is 0 Å². The number of amides is 2. The molecule has 0 saturated carbocycles. The predicted octanol–water partition coefficient (Wildman–Crippen LogP) is 1.59. The van der Waals surface area contributed by atoms with E-state index in [2.05, 4.69) is 10.5 Å². The molecule has 28 heavy (non-hydrogen) atoms. The number of nitrogens with zero attached hydrogens (tertiary/aromatic N) is 1. The van der Waals surface area contributed by atoms with Crippen molar-refractivity contribution < 1.29 is 24.0 Å². The first-order valence-corrected chi connectivity index (χ1v) is 8.92. The van der Waals surface area contributed by atoms with Crippen molar-refractivity contribution in [1.29, 1.82) is 0 Å². The van der Waals surface area contributed by atoms with E-state index in [1.54, 1.807) is 20.8 Å². The molecule has 1 atom stereocenters. The molecule has 0 aliphatic carbocycles. The van der Waals surface area contributed by atoms with Crippen LogP contribution < -0.4 is 16.8 Å². The zero-order valence-electron chi connectivity index (χ0n) is 16.4. The lowest BCUT2D eigenvalue weighted by Gasteiger charge is -2.22. The van der Waals surface area contributed by atoms with Gasteiger partial charge in [-0.15, -0.1) is 0 Å². The third kappa shape index (κ3) is 10.1. The molecule has 0 heterocycles. The van der Waals surface area contributed by atoms with Gasteiger partial charge in [-0.2, -0.15) is 0 Å². The molecule has 0 spiro atoms. The van der Waals surface area contributed by atoms with Gasteiger partial charge in [0.1, 0.15) is 17.5 Å². The number of alkyl carbamates (subject to hydrolysis) is 1. The third-order valence-corrected chi connectivity index (χ3v) is 3.42. The number of benzene rings is 1. The summed E-state index contributed by atoms with van der Waals surface area (Å²) in [7, 11) is 0. The lowest BCUT2D eigenvalue weighted by molar-refractivity contribution is -0.146. The van der Waals surface area contributed by atoms with E-state index in [4.69, 9.17) is 21.0 Å². The molecule has 0 radical (unpaired) electrons. The molecule has 0 aliphatic heterocycles. The monoisotopic (exact) mass is 392 g/mol. The van der Waals surface area contributed by atoms with Crippen molar-refractivity contribution in [2.45, 2.75) is 58.1 Å². The van der Waals surface area contributed by atoms with Crippen LogP contribution in [0.4, 0.5) is 4.79 Å².